The molecule has 2 saturated heterocycles. The van der Waals surface area contributed by atoms with Crippen LogP contribution in [0, 0.1) is 5.53 Å². The summed E-state index contributed by atoms with van der Waals surface area (Å²) in [5.74, 6) is -0.174. The van der Waals surface area contributed by atoms with E-state index in [-0.39, 0.29) is 12.2 Å². The number of aliphatic hydroxyl groups excluding tert-OH is 1. The molecule has 1 aromatic heterocycles. The maximum atomic E-state index is 11.8. The molecule has 11 nitrogen and oxygen atoms in total. The largest absolute Gasteiger partial charge is 0.476 e. The summed E-state index contributed by atoms with van der Waals surface area (Å²) in [5.41, 5.74) is 16.1. The Morgan fingerprint density at radius 2 is 1.83 bits per heavy atom. The third kappa shape index (κ3) is 6.51. The zero-order chi connectivity index (χ0) is 24.6. The van der Waals surface area contributed by atoms with E-state index in [0.717, 1.165) is 51.6 Å². The van der Waals surface area contributed by atoms with Crippen molar-refractivity contribution in [3.8, 4) is 5.88 Å². The molecule has 2 aromatic rings. The number of anilines is 1. The van der Waals surface area contributed by atoms with E-state index < -0.39 is 11.9 Å². The molecular formula is C24H32N6O5. The summed E-state index contributed by atoms with van der Waals surface area (Å²) in [5, 5.41) is 13.5. The number of aromatic nitrogens is 1. The lowest BCUT2D eigenvalue weighted by Gasteiger charge is -2.30. The minimum atomic E-state index is -0.790. The summed E-state index contributed by atoms with van der Waals surface area (Å²) in [6.07, 6.45) is 0. The fourth-order valence-corrected chi connectivity index (χ4v) is 4.25. The summed E-state index contributed by atoms with van der Waals surface area (Å²) in [4.78, 5) is 21.0. The number of benzene rings is 1. The minimum Gasteiger partial charge on any atom is -0.476 e. The normalized spacial score (nSPS) is 17.7. The van der Waals surface area contributed by atoms with E-state index in [1.54, 1.807) is 12.1 Å². The molecule has 1 aromatic carbocycles. The molecule has 2 aliphatic heterocycles. The lowest BCUT2D eigenvalue weighted by Crippen LogP contribution is -2.38. The summed E-state index contributed by atoms with van der Waals surface area (Å²) in [6.45, 7) is 6.85. The number of carbonyl (C=O) groups excluding carboxylic acids is 1. The van der Waals surface area contributed by atoms with E-state index in [1.807, 2.05) is 12.1 Å². The molecule has 1 amide bonds. The predicted molar refractivity (Wildman–Crippen MR) is 128 cm³/mol. The van der Waals surface area contributed by atoms with Crippen molar-refractivity contribution in [3.63, 3.8) is 0 Å². The fraction of sp³-hybridized carbons (Fsp3) is 0.500. The van der Waals surface area contributed by atoms with Crippen molar-refractivity contribution in [2.24, 2.45) is 10.8 Å². The number of aliphatic hydroxyl groups is 1. The number of amides is 1. The van der Waals surface area contributed by atoms with Crippen LogP contribution in [-0.4, -0.2) is 86.7 Å². The van der Waals surface area contributed by atoms with E-state index in [4.69, 9.17) is 25.5 Å². The molecule has 3 heterocycles. The van der Waals surface area contributed by atoms with Gasteiger partial charge in [-0.05, 0) is 29.3 Å². The van der Waals surface area contributed by atoms with Crippen molar-refractivity contribution < 1.29 is 24.1 Å². The number of carbonyl (C=O) groups is 1. The van der Waals surface area contributed by atoms with Crippen LogP contribution in [0.15, 0.2) is 35.4 Å². The Morgan fingerprint density at radius 3 is 2.49 bits per heavy atom. The van der Waals surface area contributed by atoms with E-state index in [1.165, 1.54) is 6.07 Å². The molecule has 2 aliphatic rings. The second kappa shape index (κ2) is 12.0. The maximum Gasteiger partial charge on any atom is 0.248 e. The Morgan fingerprint density at radius 1 is 1.11 bits per heavy atom. The topological polar surface area (TPSA) is 147 Å². The highest BCUT2D eigenvalue weighted by molar-refractivity contribution is 5.93. The van der Waals surface area contributed by atoms with Crippen molar-refractivity contribution in [3.05, 3.63) is 52.7 Å². The molecule has 0 aliphatic carbocycles. The van der Waals surface area contributed by atoms with Gasteiger partial charge in [0.1, 0.15) is 12.6 Å². The maximum absolute atomic E-state index is 11.8. The molecule has 188 valence electrons. The number of nitrogens with two attached hydrogens (primary N) is 1. The second-order valence-corrected chi connectivity index (χ2v) is 8.51. The molecule has 2 fully saturated rings. The fourth-order valence-electron chi connectivity index (χ4n) is 4.25. The van der Waals surface area contributed by atoms with Crippen LogP contribution in [-0.2, 0) is 16.1 Å². The number of hydrogen-bond donors (Lipinski definition) is 3. The van der Waals surface area contributed by atoms with Crippen molar-refractivity contribution >= 4 is 11.6 Å². The van der Waals surface area contributed by atoms with E-state index >= 15 is 0 Å². The average molecular weight is 485 g/mol. The molecule has 1 unspecified atom stereocenters. The van der Waals surface area contributed by atoms with Gasteiger partial charge in [-0.3, -0.25) is 9.69 Å². The van der Waals surface area contributed by atoms with Crippen molar-refractivity contribution in [2.45, 2.75) is 12.6 Å². The highest BCUT2D eigenvalue weighted by atomic mass is 16.5. The van der Waals surface area contributed by atoms with Gasteiger partial charge in [0.25, 0.3) is 0 Å². The first-order valence-corrected chi connectivity index (χ1v) is 11.8. The van der Waals surface area contributed by atoms with Crippen LogP contribution in [0.2, 0.25) is 0 Å². The third-order valence-corrected chi connectivity index (χ3v) is 6.15. The molecule has 0 bridgehead atoms. The smallest absolute Gasteiger partial charge is 0.248 e. The Balaban J connectivity index is 1.63. The number of morpholine rings is 2. The Hall–Kier alpha value is -3.12. The monoisotopic (exact) mass is 484 g/mol. The van der Waals surface area contributed by atoms with Gasteiger partial charge in [-0.15, -0.1) is 0 Å². The zero-order valence-corrected chi connectivity index (χ0v) is 19.7. The molecular weight excluding hydrogens is 452 g/mol. The van der Waals surface area contributed by atoms with Gasteiger partial charge in [0.2, 0.25) is 11.8 Å². The van der Waals surface area contributed by atoms with Gasteiger partial charge in [0.05, 0.1) is 38.7 Å². The highest BCUT2D eigenvalue weighted by Crippen LogP contribution is 2.32. The van der Waals surface area contributed by atoms with Crippen LogP contribution in [0.4, 0.5) is 5.69 Å². The number of ether oxygens (including phenoxy) is 3. The van der Waals surface area contributed by atoms with E-state index in [9.17, 15) is 9.90 Å². The SMILES string of the molecule is N=NC(c1cc(CO)cc(C(N)=O)c1)c1cc(N2CCOCC2)cc(OCCN2CCOCC2)n1. The number of hydrogen-bond acceptors (Lipinski definition) is 10. The zero-order valence-electron chi connectivity index (χ0n) is 19.7. The molecule has 11 heteroatoms. The molecule has 4 N–H and O–H groups in total. The van der Waals surface area contributed by atoms with Crippen LogP contribution < -0.4 is 15.4 Å². The van der Waals surface area contributed by atoms with Crippen LogP contribution in [0.5, 0.6) is 5.88 Å². The Labute approximate surface area is 204 Å². The van der Waals surface area contributed by atoms with Crippen LogP contribution in [0.25, 0.3) is 0 Å². The van der Waals surface area contributed by atoms with Crippen molar-refractivity contribution in [1.82, 2.24) is 9.88 Å². The van der Waals surface area contributed by atoms with Gasteiger partial charge in [-0.25, -0.2) is 10.5 Å². The Bertz CT molecular complexity index is 1020. The molecule has 0 spiro atoms. The van der Waals surface area contributed by atoms with Crippen molar-refractivity contribution in [1.29, 1.82) is 5.53 Å². The predicted octanol–water partition coefficient (Wildman–Crippen LogP) is 1.34. The van der Waals surface area contributed by atoms with Crippen LogP contribution >= 0.6 is 0 Å². The van der Waals surface area contributed by atoms with Gasteiger partial charge in [-0.2, -0.15) is 5.11 Å². The van der Waals surface area contributed by atoms with Gasteiger partial charge >= 0.3 is 0 Å². The minimum absolute atomic E-state index is 0.242. The molecule has 35 heavy (non-hydrogen) atoms. The third-order valence-electron chi connectivity index (χ3n) is 6.15. The van der Waals surface area contributed by atoms with Gasteiger partial charge in [0.15, 0.2) is 0 Å². The number of nitrogens with one attached hydrogen (secondary N) is 1. The number of primary amides is 1. The molecule has 1 atom stereocenters. The lowest BCUT2D eigenvalue weighted by atomic mass is 9.98. The van der Waals surface area contributed by atoms with Gasteiger partial charge in [-0.1, -0.05) is 6.07 Å². The summed E-state index contributed by atoms with van der Waals surface area (Å²) in [7, 11) is 0. The average Bonchev–Trinajstić information content (AvgIpc) is 2.90. The second-order valence-electron chi connectivity index (χ2n) is 8.51. The van der Waals surface area contributed by atoms with Gasteiger partial charge in [0, 0.05) is 50.0 Å². The van der Waals surface area contributed by atoms with Crippen molar-refractivity contribution in [2.75, 3.05) is 70.7 Å². The quantitative estimate of drug-likeness (QED) is 0.428. The lowest BCUT2D eigenvalue weighted by molar-refractivity contribution is 0.0320. The number of pyridine rings is 1. The standard InChI is InChI=1S/C24H32N6O5/c25-24(32)19-12-17(16-31)11-18(13-19)23(28-26)21-14-20(30-4-8-34-9-5-30)15-22(27-21)35-10-3-29-1-6-33-7-2-29/h11-15,23,26,31H,1-10,16H2,(H2,25,32). The summed E-state index contributed by atoms with van der Waals surface area (Å²) >= 11 is 0. The van der Waals surface area contributed by atoms with Crippen LogP contribution in [0.1, 0.15) is 33.2 Å². The Kier molecular flexibility index (Phi) is 8.59. The first kappa shape index (κ1) is 25.0. The molecule has 0 radical (unpaired) electrons. The van der Waals surface area contributed by atoms with Gasteiger partial charge < -0.3 is 30.0 Å². The first-order valence-electron chi connectivity index (χ1n) is 11.8. The van der Waals surface area contributed by atoms with Crippen LogP contribution in [0.3, 0.4) is 0 Å². The first-order chi connectivity index (χ1) is 17.1. The van der Waals surface area contributed by atoms with E-state index in [0.29, 0.717) is 42.5 Å². The molecule has 0 saturated carbocycles. The number of nitrogens with zero attached hydrogens (tertiary/aromatic N) is 4. The van der Waals surface area contributed by atoms with E-state index in [2.05, 4.69) is 19.9 Å². The molecule has 4 rings (SSSR count). The highest BCUT2D eigenvalue weighted by Gasteiger charge is 2.22. The summed E-state index contributed by atoms with van der Waals surface area (Å²) in [6, 6.07) is 7.82. The summed E-state index contributed by atoms with van der Waals surface area (Å²) < 4.78 is 16.9. The number of rotatable bonds is 10.